The van der Waals surface area contributed by atoms with Crippen molar-refractivity contribution >= 4 is 16.6 Å². The van der Waals surface area contributed by atoms with Crippen molar-refractivity contribution in [1.82, 2.24) is 14.8 Å². The number of anilines is 1. The molecule has 6 heteroatoms. The summed E-state index contributed by atoms with van der Waals surface area (Å²) >= 11 is 0. The van der Waals surface area contributed by atoms with Crippen LogP contribution in [0.3, 0.4) is 0 Å². The third-order valence-corrected chi connectivity index (χ3v) is 8.97. The average molecular weight is 509 g/mol. The molecule has 2 saturated heterocycles. The standard InChI is InChI=1S/C31H48N4O2/c1-33-17-12-24(13-18-33)23-34(2)29-21-27(25-10-5-4-6-11-25)32-28-22-31(30(36-3)20-26(28)29)37-19-9-16-35-14-7-8-15-35/h20-22,24-25H,4-19,23H2,1-3H3. The van der Waals surface area contributed by atoms with Crippen molar-refractivity contribution in [1.29, 1.82) is 0 Å². The molecule has 1 aromatic carbocycles. The Balaban J connectivity index is 1.40. The lowest BCUT2D eigenvalue weighted by Gasteiger charge is -2.33. The van der Waals surface area contributed by atoms with Gasteiger partial charge in [0.05, 0.1) is 19.2 Å². The van der Waals surface area contributed by atoms with Gasteiger partial charge in [-0.1, -0.05) is 19.3 Å². The number of benzene rings is 1. The van der Waals surface area contributed by atoms with Crippen molar-refractivity contribution in [2.75, 3.05) is 72.0 Å². The summed E-state index contributed by atoms with van der Waals surface area (Å²) in [4.78, 5) is 12.7. The van der Waals surface area contributed by atoms with Gasteiger partial charge in [-0.3, -0.25) is 4.98 Å². The van der Waals surface area contributed by atoms with Gasteiger partial charge in [-0.25, -0.2) is 0 Å². The second-order valence-corrected chi connectivity index (χ2v) is 11.8. The molecule has 1 aliphatic carbocycles. The smallest absolute Gasteiger partial charge is 0.163 e. The summed E-state index contributed by atoms with van der Waals surface area (Å²) in [6, 6.07) is 6.70. The van der Waals surface area contributed by atoms with Crippen LogP contribution in [0.1, 0.15) is 75.8 Å². The minimum atomic E-state index is 0.570. The van der Waals surface area contributed by atoms with E-state index in [-0.39, 0.29) is 0 Å². The first-order chi connectivity index (χ1) is 18.1. The number of ether oxygens (including phenoxy) is 2. The van der Waals surface area contributed by atoms with E-state index in [4.69, 9.17) is 14.5 Å². The molecule has 0 bridgehead atoms. The molecule has 5 rings (SSSR count). The van der Waals surface area contributed by atoms with Crippen LogP contribution < -0.4 is 14.4 Å². The van der Waals surface area contributed by atoms with E-state index >= 15 is 0 Å². The highest BCUT2D eigenvalue weighted by Crippen LogP contribution is 2.40. The van der Waals surface area contributed by atoms with Gasteiger partial charge in [0, 0.05) is 48.9 Å². The second kappa shape index (κ2) is 12.7. The van der Waals surface area contributed by atoms with E-state index < -0.39 is 0 Å². The fourth-order valence-electron chi connectivity index (χ4n) is 6.64. The Morgan fingerprint density at radius 1 is 0.919 bits per heavy atom. The molecule has 0 unspecified atom stereocenters. The number of hydrogen-bond donors (Lipinski definition) is 0. The van der Waals surface area contributed by atoms with Crippen LogP contribution in [0.5, 0.6) is 11.5 Å². The predicted octanol–water partition coefficient (Wildman–Crippen LogP) is 5.93. The minimum Gasteiger partial charge on any atom is -0.493 e. The van der Waals surface area contributed by atoms with Crippen LogP contribution in [0.15, 0.2) is 18.2 Å². The molecule has 2 aromatic rings. The molecule has 204 valence electrons. The first-order valence-electron chi connectivity index (χ1n) is 14.9. The maximum Gasteiger partial charge on any atom is 0.163 e. The van der Waals surface area contributed by atoms with E-state index in [9.17, 15) is 0 Å². The molecule has 1 aromatic heterocycles. The van der Waals surface area contributed by atoms with Crippen LogP contribution in [0.2, 0.25) is 0 Å². The largest absolute Gasteiger partial charge is 0.493 e. The maximum atomic E-state index is 6.30. The molecule has 2 aliphatic heterocycles. The molecule has 0 spiro atoms. The summed E-state index contributed by atoms with van der Waals surface area (Å²) in [6.07, 6.45) is 12.8. The number of piperidine rings is 1. The van der Waals surface area contributed by atoms with E-state index in [0.29, 0.717) is 12.5 Å². The van der Waals surface area contributed by atoms with Crippen LogP contribution in [0, 0.1) is 5.92 Å². The topological polar surface area (TPSA) is 41.1 Å². The molecule has 3 aliphatic rings. The van der Waals surface area contributed by atoms with Gasteiger partial charge in [0.25, 0.3) is 0 Å². The summed E-state index contributed by atoms with van der Waals surface area (Å²) in [5.41, 5.74) is 3.61. The number of aromatic nitrogens is 1. The zero-order valence-electron chi connectivity index (χ0n) is 23.5. The first-order valence-corrected chi connectivity index (χ1v) is 14.9. The SMILES string of the molecule is COc1cc2c(N(C)CC3CCN(C)CC3)cc(C3CCCCC3)nc2cc1OCCCN1CCCC1. The highest BCUT2D eigenvalue weighted by atomic mass is 16.5. The molecule has 6 nitrogen and oxygen atoms in total. The van der Waals surface area contributed by atoms with Crippen molar-refractivity contribution in [2.24, 2.45) is 5.92 Å². The van der Waals surface area contributed by atoms with Crippen molar-refractivity contribution in [3.05, 3.63) is 23.9 Å². The van der Waals surface area contributed by atoms with Crippen LogP contribution in [-0.2, 0) is 0 Å². The normalized spacial score (nSPS) is 20.5. The number of methoxy groups -OCH3 is 1. The third-order valence-electron chi connectivity index (χ3n) is 8.97. The molecule has 0 amide bonds. The molecule has 1 saturated carbocycles. The van der Waals surface area contributed by atoms with Crippen LogP contribution in [0.25, 0.3) is 10.9 Å². The average Bonchev–Trinajstić information content (AvgIpc) is 3.45. The Morgan fingerprint density at radius 2 is 1.68 bits per heavy atom. The van der Waals surface area contributed by atoms with E-state index in [2.05, 4.69) is 47.0 Å². The fourth-order valence-corrected chi connectivity index (χ4v) is 6.64. The van der Waals surface area contributed by atoms with Crippen LogP contribution in [0.4, 0.5) is 5.69 Å². The van der Waals surface area contributed by atoms with E-state index in [0.717, 1.165) is 42.4 Å². The highest BCUT2D eigenvalue weighted by molar-refractivity contribution is 5.94. The van der Waals surface area contributed by atoms with Crippen molar-refractivity contribution in [3.8, 4) is 11.5 Å². The lowest BCUT2D eigenvalue weighted by molar-refractivity contribution is 0.222. The zero-order chi connectivity index (χ0) is 25.6. The lowest BCUT2D eigenvalue weighted by Crippen LogP contribution is -2.35. The Bertz CT molecular complexity index is 1010. The monoisotopic (exact) mass is 508 g/mol. The van der Waals surface area contributed by atoms with Crippen LogP contribution in [-0.4, -0.2) is 81.9 Å². The number of fused-ring (bicyclic) bond motifs is 1. The summed E-state index contributed by atoms with van der Waals surface area (Å²) in [5.74, 6) is 2.95. The molecule has 0 atom stereocenters. The quantitative estimate of drug-likeness (QED) is 0.370. The first kappa shape index (κ1) is 26.6. The van der Waals surface area contributed by atoms with Gasteiger partial charge in [0.15, 0.2) is 11.5 Å². The van der Waals surface area contributed by atoms with Crippen LogP contribution >= 0.6 is 0 Å². The van der Waals surface area contributed by atoms with E-state index in [1.807, 2.05) is 0 Å². The van der Waals surface area contributed by atoms with Crippen molar-refractivity contribution in [3.63, 3.8) is 0 Å². The lowest BCUT2D eigenvalue weighted by atomic mass is 9.86. The van der Waals surface area contributed by atoms with Gasteiger partial charge in [-0.05, 0) is 96.2 Å². The number of nitrogens with zero attached hydrogens (tertiary/aromatic N) is 4. The summed E-state index contributed by atoms with van der Waals surface area (Å²) in [5, 5.41) is 1.18. The molecule has 3 heterocycles. The van der Waals surface area contributed by atoms with Gasteiger partial charge < -0.3 is 24.2 Å². The van der Waals surface area contributed by atoms with Crippen molar-refractivity contribution in [2.45, 2.75) is 70.1 Å². The molecular formula is C31H48N4O2. The van der Waals surface area contributed by atoms with Gasteiger partial charge in [0.2, 0.25) is 0 Å². The van der Waals surface area contributed by atoms with Gasteiger partial charge in [-0.2, -0.15) is 0 Å². The molecule has 0 radical (unpaired) electrons. The fraction of sp³-hybridized carbons (Fsp3) is 0.710. The van der Waals surface area contributed by atoms with E-state index in [1.165, 1.54) is 101 Å². The Hall–Kier alpha value is -2.05. The number of rotatable bonds is 10. The van der Waals surface area contributed by atoms with E-state index in [1.54, 1.807) is 7.11 Å². The molecule has 3 fully saturated rings. The predicted molar refractivity (Wildman–Crippen MR) is 153 cm³/mol. The van der Waals surface area contributed by atoms with Gasteiger partial charge in [-0.15, -0.1) is 0 Å². The van der Waals surface area contributed by atoms with Crippen molar-refractivity contribution < 1.29 is 9.47 Å². The zero-order valence-corrected chi connectivity index (χ0v) is 23.5. The number of hydrogen-bond acceptors (Lipinski definition) is 6. The summed E-state index contributed by atoms with van der Waals surface area (Å²) < 4.78 is 12.1. The Labute approximate surface area is 224 Å². The summed E-state index contributed by atoms with van der Waals surface area (Å²) in [6.45, 7) is 7.80. The molecule has 37 heavy (non-hydrogen) atoms. The van der Waals surface area contributed by atoms with Gasteiger partial charge >= 0.3 is 0 Å². The highest BCUT2D eigenvalue weighted by Gasteiger charge is 2.23. The van der Waals surface area contributed by atoms with Gasteiger partial charge in [0.1, 0.15) is 0 Å². The Kier molecular flexibility index (Phi) is 9.09. The number of pyridine rings is 1. The molecular weight excluding hydrogens is 460 g/mol. The summed E-state index contributed by atoms with van der Waals surface area (Å²) in [7, 11) is 6.27. The second-order valence-electron chi connectivity index (χ2n) is 11.8. The maximum absolute atomic E-state index is 6.30. The third kappa shape index (κ3) is 6.69. The number of likely N-dealkylation sites (tertiary alicyclic amines) is 2. The Morgan fingerprint density at radius 3 is 2.41 bits per heavy atom. The minimum absolute atomic E-state index is 0.570. The molecule has 0 N–H and O–H groups in total.